The third kappa shape index (κ3) is 1.56. The molecule has 11 heavy (non-hydrogen) atoms. The number of hydrogen-bond acceptors (Lipinski definition) is 2. The molecular weight excluding hydrogens is 140 g/mol. The zero-order valence-corrected chi connectivity index (χ0v) is 6.45. The van der Waals surface area contributed by atoms with Crippen LogP contribution in [0.4, 0.5) is 0 Å². The fourth-order valence-electron chi connectivity index (χ4n) is 1.50. The van der Waals surface area contributed by atoms with Crippen molar-refractivity contribution in [3.8, 4) is 5.95 Å². The van der Waals surface area contributed by atoms with Crippen LogP contribution in [0.15, 0.2) is 22.8 Å². The van der Waals surface area contributed by atoms with Gasteiger partial charge in [0, 0.05) is 6.07 Å². The lowest BCUT2D eigenvalue weighted by Crippen LogP contribution is -2.09. The van der Waals surface area contributed by atoms with Gasteiger partial charge in [-0.3, -0.25) is 0 Å². The molecule has 0 bridgehead atoms. The molecule has 0 amide bonds. The maximum atomic E-state index is 5.55. The zero-order chi connectivity index (χ0) is 7.52. The van der Waals surface area contributed by atoms with Crippen molar-refractivity contribution in [3.63, 3.8) is 0 Å². The molecule has 0 unspecified atom stereocenters. The Bertz CT molecular complexity index is 197. The Labute approximate surface area is 66.2 Å². The molecule has 0 N–H and O–H groups in total. The quantitative estimate of drug-likeness (QED) is 0.650. The van der Waals surface area contributed by atoms with E-state index in [9.17, 15) is 0 Å². The third-order valence-corrected chi connectivity index (χ3v) is 2.08. The van der Waals surface area contributed by atoms with Crippen molar-refractivity contribution in [1.29, 1.82) is 0 Å². The average molecular weight is 152 g/mol. The molecule has 2 rings (SSSR count). The van der Waals surface area contributed by atoms with Crippen molar-refractivity contribution in [1.82, 2.24) is 0 Å². The molecule has 1 aromatic rings. The first kappa shape index (κ1) is 6.77. The monoisotopic (exact) mass is 152 g/mol. The van der Waals surface area contributed by atoms with E-state index < -0.39 is 0 Å². The van der Waals surface area contributed by atoms with E-state index in [1.165, 1.54) is 25.7 Å². The van der Waals surface area contributed by atoms with Crippen LogP contribution in [0.1, 0.15) is 25.7 Å². The van der Waals surface area contributed by atoms with Crippen molar-refractivity contribution >= 4 is 0 Å². The largest absolute Gasteiger partial charge is 0.462 e. The standard InChI is InChI=1S/C9H12O2/c1-2-5-8(4-1)11-9-6-3-7-10-9/h3,6-8H,1-2,4-5H2. The summed E-state index contributed by atoms with van der Waals surface area (Å²) in [5.74, 6) is 0.664. The number of hydrogen-bond donors (Lipinski definition) is 0. The van der Waals surface area contributed by atoms with E-state index in [-0.39, 0.29) is 0 Å². The van der Waals surface area contributed by atoms with Crippen molar-refractivity contribution in [2.75, 3.05) is 0 Å². The molecule has 1 fully saturated rings. The smallest absolute Gasteiger partial charge is 0.284 e. The highest BCUT2D eigenvalue weighted by molar-refractivity contribution is 5.04. The van der Waals surface area contributed by atoms with Crippen LogP contribution in [0.25, 0.3) is 0 Å². The Morgan fingerprint density at radius 2 is 2.18 bits per heavy atom. The second-order valence-electron chi connectivity index (χ2n) is 2.96. The van der Waals surface area contributed by atoms with Gasteiger partial charge >= 0.3 is 0 Å². The van der Waals surface area contributed by atoms with Gasteiger partial charge in [0.2, 0.25) is 0 Å². The molecular formula is C9H12O2. The first-order valence-corrected chi connectivity index (χ1v) is 4.15. The highest BCUT2D eigenvalue weighted by Gasteiger charge is 2.16. The Balaban J connectivity index is 1.90. The summed E-state index contributed by atoms with van der Waals surface area (Å²) in [6.07, 6.45) is 7.00. The van der Waals surface area contributed by atoms with Crippen molar-refractivity contribution < 1.29 is 9.15 Å². The molecule has 0 spiro atoms. The number of ether oxygens (including phenoxy) is 1. The molecule has 60 valence electrons. The molecule has 1 heterocycles. The number of furan rings is 1. The first-order valence-electron chi connectivity index (χ1n) is 4.15. The Kier molecular flexibility index (Phi) is 1.84. The first-order chi connectivity index (χ1) is 5.45. The summed E-state index contributed by atoms with van der Waals surface area (Å²) >= 11 is 0. The maximum absolute atomic E-state index is 5.55. The Morgan fingerprint density at radius 1 is 1.36 bits per heavy atom. The van der Waals surface area contributed by atoms with Gasteiger partial charge in [-0.05, 0) is 31.7 Å². The fraction of sp³-hybridized carbons (Fsp3) is 0.556. The topological polar surface area (TPSA) is 22.4 Å². The van der Waals surface area contributed by atoms with E-state index >= 15 is 0 Å². The lowest BCUT2D eigenvalue weighted by Gasteiger charge is -2.08. The average Bonchev–Trinajstić information content (AvgIpc) is 2.60. The summed E-state index contributed by atoms with van der Waals surface area (Å²) < 4.78 is 10.6. The number of rotatable bonds is 2. The second-order valence-corrected chi connectivity index (χ2v) is 2.96. The third-order valence-electron chi connectivity index (χ3n) is 2.08. The van der Waals surface area contributed by atoms with E-state index in [2.05, 4.69) is 0 Å². The minimum atomic E-state index is 0.404. The van der Waals surface area contributed by atoms with Crippen LogP contribution in [0.3, 0.4) is 0 Å². The summed E-state index contributed by atoms with van der Waals surface area (Å²) in [5.41, 5.74) is 0. The van der Waals surface area contributed by atoms with Crippen molar-refractivity contribution in [2.24, 2.45) is 0 Å². The SMILES string of the molecule is c1coc(OC2CCCC2)c1. The fourth-order valence-corrected chi connectivity index (χ4v) is 1.50. The molecule has 1 aliphatic carbocycles. The van der Waals surface area contributed by atoms with Crippen molar-refractivity contribution in [2.45, 2.75) is 31.8 Å². The molecule has 0 radical (unpaired) electrons. The highest BCUT2D eigenvalue weighted by atomic mass is 16.6. The van der Waals surface area contributed by atoms with E-state index in [0.29, 0.717) is 12.1 Å². The summed E-state index contributed by atoms with van der Waals surface area (Å²) in [7, 11) is 0. The second kappa shape index (κ2) is 2.99. The van der Waals surface area contributed by atoms with Gasteiger partial charge in [-0.15, -0.1) is 0 Å². The zero-order valence-electron chi connectivity index (χ0n) is 6.45. The van der Waals surface area contributed by atoms with Gasteiger partial charge in [0.1, 0.15) is 6.10 Å². The molecule has 1 saturated carbocycles. The molecule has 2 heteroatoms. The molecule has 0 atom stereocenters. The van der Waals surface area contributed by atoms with Crippen LogP contribution < -0.4 is 4.74 Å². The molecule has 1 aliphatic rings. The Morgan fingerprint density at radius 3 is 2.82 bits per heavy atom. The van der Waals surface area contributed by atoms with Crippen LogP contribution in [0.2, 0.25) is 0 Å². The van der Waals surface area contributed by atoms with E-state index in [0.717, 1.165) is 0 Å². The normalized spacial score (nSPS) is 18.9. The Hall–Kier alpha value is -0.920. The van der Waals surface area contributed by atoms with E-state index in [4.69, 9.17) is 9.15 Å². The van der Waals surface area contributed by atoms with E-state index in [1.807, 2.05) is 12.1 Å². The van der Waals surface area contributed by atoms with Gasteiger partial charge in [-0.25, -0.2) is 0 Å². The molecule has 0 saturated heterocycles. The summed E-state index contributed by atoms with van der Waals surface area (Å²) in [4.78, 5) is 0. The van der Waals surface area contributed by atoms with Crippen LogP contribution >= 0.6 is 0 Å². The summed E-state index contributed by atoms with van der Waals surface area (Å²) in [6, 6.07) is 3.71. The van der Waals surface area contributed by atoms with Gasteiger partial charge in [-0.2, -0.15) is 0 Å². The van der Waals surface area contributed by atoms with Crippen LogP contribution in [0, 0.1) is 0 Å². The maximum Gasteiger partial charge on any atom is 0.284 e. The highest BCUT2D eigenvalue weighted by Crippen LogP contribution is 2.23. The predicted molar refractivity (Wildman–Crippen MR) is 41.6 cm³/mol. The molecule has 0 aromatic carbocycles. The molecule has 0 aliphatic heterocycles. The molecule has 2 nitrogen and oxygen atoms in total. The van der Waals surface area contributed by atoms with Gasteiger partial charge in [-0.1, -0.05) is 0 Å². The van der Waals surface area contributed by atoms with Gasteiger partial charge < -0.3 is 9.15 Å². The lowest BCUT2D eigenvalue weighted by molar-refractivity contribution is 0.162. The van der Waals surface area contributed by atoms with Crippen LogP contribution in [-0.4, -0.2) is 6.10 Å². The minimum absolute atomic E-state index is 0.404. The van der Waals surface area contributed by atoms with Gasteiger partial charge in [0.05, 0.1) is 6.26 Å². The summed E-state index contributed by atoms with van der Waals surface area (Å²) in [6.45, 7) is 0. The molecule has 1 aromatic heterocycles. The van der Waals surface area contributed by atoms with Gasteiger partial charge in [0.15, 0.2) is 0 Å². The van der Waals surface area contributed by atoms with Crippen LogP contribution in [0.5, 0.6) is 5.95 Å². The van der Waals surface area contributed by atoms with Gasteiger partial charge in [0.25, 0.3) is 5.95 Å². The predicted octanol–water partition coefficient (Wildman–Crippen LogP) is 2.60. The van der Waals surface area contributed by atoms with Crippen molar-refractivity contribution in [3.05, 3.63) is 18.4 Å². The van der Waals surface area contributed by atoms with Crippen LogP contribution in [-0.2, 0) is 0 Å². The van der Waals surface area contributed by atoms with E-state index in [1.54, 1.807) is 6.26 Å². The lowest BCUT2D eigenvalue weighted by atomic mass is 10.3. The summed E-state index contributed by atoms with van der Waals surface area (Å²) in [5, 5.41) is 0. The minimum Gasteiger partial charge on any atom is -0.462 e.